The van der Waals surface area contributed by atoms with Crippen molar-refractivity contribution in [2.75, 3.05) is 6.61 Å². The Morgan fingerprint density at radius 1 is 1.44 bits per heavy atom. The van der Waals surface area contributed by atoms with Crippen LogP contribution in [0, 0.1) is 5.92 Å². The molecule has 0 bridgehead atoms. The standard InChI is InChI=1S/C14H16O2/c1-2-5-12-6-3-4-7-14(12)16-10-13(15)11-8-9-11/h2-7,11H,8-10H2,1H3. The number of carbonyl (C=O) groups excluding carboxylic acids is 1. The molecule has 1 fully saturated rings. The van der Waals surface area contributed by atoms with Crippen molar-refractivity contribution in [2.45, 2.75) is 19.8 Å². The Hall–Kier alpha value is -1.57. The van der Waals surface area contributed by atoms with Gasteiger partial charge in [-0.1, -0.05) is 30.4 Å². The molecular weight excluding hydrogens is 200 g/mol. The Bertz CT molecular complexity index is 403. The van der Waals surface area contributed by atoms with Gasteiger partial charge in [0.05, 0.1) is 0 Å². The lowest BCUT2D eigenvalue weighted by Gasteiger charge is -2.07. The number of rotatable bonds is 5. The van der Waals surface area contributed by atoms with Crippen LogP contribution in [-0.4, -0.2) is 12.4 Å². The summed E-state index contributed by atoms with van der Waals surface area (Å²) in [6, 6.07) is 7.77. The number of benzene rings is 1. The Morgan fingerprint density at radius 2 is 2.19 bits per heavy atom. The first-order chi connectivity index (χ1) is 7.81. The third-order valence-corrected chi connectivity index (χ3v) is 2.67. The topological polar surface area (TPSA) is 26.3 Å². The maximum absolute atomic E-state index is 11.5. The van der Waals surface area contributed by atoms with Crippen LogP contribution >= 0.6 is 0 Å². The highest BCUT2D eigenvalue weighted by atomic mass is 16.5. The third kappa shape index (κ3) is 2.72. The number of para-hydroxylation sites is 1. The van der Waals surface area contributed by atoms with Gasteiger partial charge in [-0.2, -0.15) is 0 Å². The van der Waals surface area contributed by atoms with Gasteiger partial charge in [-0.05, 0) is 25.8 Å². The lowest BCUT2D eigenvalue weighted by molar-refractivity contribution is -0.122. The number of Topliss-reactive ketones (excluding diaryl/α,β-unsaturated/α-hetero) is 1. The third-order valence-electron chi connectivity index (χ3n) is 2.67. The van der Waals surface area contributed by atoms with Crippen molar-refractivity contribution in [1.82, 2.24) is 0 Å². The summed E-state index contributed by atoms with van der Waals surface area (Å²) in [6.07, 6.45) is 6.03. The monoisotopic (exact) mass is 216 g/mol. The van der Waals surface area contributed by atoms with E-state index in [1.54, 1.807) is 0 Å². The van der Waals surface area contributed by atoms with Crippen LogP contribution in [-0.2, 0) is 4.79 Å². The largest absolute Gasteiger partial charge is 0.485 e. The first kappa shape index (κ1) is 10.9. The van der Waals surface area contributed by atoms with Gasteiger partial charge in [-0.3, -0.25) is 4.79 Å². The number of hydrogen-bond donors (Lipinski definition) is 0. The predicted molar refractivity (Wildman–Crippen MR) is 64.4 cm³/mol. The molecule has 0 heterocycles. The zero-order valence-electron chi connectivity index (χ0n) is 9.48. The van der Waals surface area contributed by atoms with Crippen molar-refractivity contribution in [3.63, 3.8) is 0 Å². The number of ether oxygens (including phenoxy) is 1. The van der Waals surface area contributed by atoms with E-state index in [0.717, 1.165) is 24.2 Å². The van der Waals surface area contributed by atoms with Crippen LogP contribution < -0.4 is 4.74 Å². The smallest absolute Gasteiger partial charge is 0.173 e. The quantitative estimate of drug-likeness (QED) is 0.756. The Balaban J connectivity index is 1.99. The predicted octanol–water partition coefficient (Wildman–Crippen LogP) is 3.08. The highest BCUT2D eigenvalue weighted by Crippen LogP contribution is 2.30. The van der Waals surface area contributed by atoms with Gasteiger partial charge >= 0.3 is 0 Å². The van der Waals surface area contributed by atoms with Crippen molar-refractivity contribution < 1.29 is 9.53 Å². The molecule has 0 spiro atoms. The van der Waals surface area contributed by atoms with Gasteiger partial charge < -0.3 is 4.74 Å². The molecule has 0 aromatic heterocycles. The van der Waals surface area contributed by atoms with E-state index in [9.17, 15) is 4.79 Å². The second-order valence-electron chi connectivity index (χ2n) is 4.07. The number of ketones is 1. The average molecular weight is 216 g/mol. The molecule has 0 unspecified atom stereocenters. The van der Waals surface area contributed by atoms with Crippen LogP contribution in [0.25, 0.3) is 6.08 Å². The fourth-order valence-corrected chi connectivity index (χ4v) is 1.60. The molecule has 0 saturated heterocycles. The molecule has 16 heavy (non-hydrogen) atoms. The summed E-state index contributed by atoms with van der Waals surface area (Å²) in [7, 11) is 0. The molecule has 1 aromatic rings. The molecule has 0 amide bonds. The van der Waals surface area contributed by atoms with Crippen LogP contribution in [0.1, 0.15) is 25.3 Å². The van der Waals surface area contributed by atoms with E-state index in [-0.39, 0.29) is 18.3 Å². The Kier molecular flexibility index (Phi) is 3.40. The maximum atomic E-state index is 11.5. The number of hydrogen-bond acceptors (Lipinski definition) is 2. The first-order valence-electron chi connectivity index (χ1n) is 5.68. The molecular formula is C14H16O2. The normalized spacial score (nSPS) is 15.3. The van der Waals surface area contributed by atoms with Crippen LogP contribution in [0.5, 0.6) is 5.75 Å². The molecule has 0 aliphatic heterocycles. The maximum Gasteiger partial charge on any atom is 0.173 e. The van der Waals surface area contributed by atoms with E-state index in [1.807, 2.05) is 43.3 Å². The van der Waals surface area contributed by atoms with E-state index >= 15 is 0 Å². The Labute approximate surface area is 95.9 Å². The van der Waals surface area contributed by atoms with E-state index in [0.29, 0.717) is 0 Å². The van der Waals surface area contributed by atoms with Gasteiger partial charge in [-0.15, -0.1) is 0 Å². The van der Waals surface area contributed by atoms with Crippen LogP contribution in [0.15, 0.2) is 30.3 Å². The minimum Gasteiger partial charge on any atom is -0.485 e. The van der Waals surface area contributed by atoms with Gasteiger partial charge in [0, 0.05) is 11.5 Å². The van der Waals surface area contributed by atoms with E-state index in [2.05, 4.69) is 0 Å². The summed E-state index contributed by atoms with van der Waals surface area (Å²) in [6.45, 7) is 2.17. The van der Waals surface area contributed by atoms with Gasteiger partial charge in [0.15, 0.2) is 5.78 Å². The van der Waals surface area contributed by atoms with E-state index < -0.39 is 0 Å². The molecule has 0 atom stereocenters. The first-order valence-corrected chi connectivity index (χ1v) is 5.68. The van der Waals surface area contributed by atoms with Gasteiger partial charge in [-0.25, -0.2) is 0 Å². The SMILES string of the molecule is CC=Cc1ccccc1OCC(=O)C1CC1. The minimum atomic E-state index is 0.208. The summed E-state index contributed by atoms with van der Waals surface area (Å²) in [5.41, 5.74) is 1.02. The molecule has 1 saturated carbocycles. The van der Waals surface area contributed by atoms with Crippen molar-refractivity contribution in [1.29, 1.82) is 0 Å². The summed E-state index contributed by atoms with van der Waals surface area (Å²) in [4.78, 5) is 11.5. The molecule has 2 rings (SSSR count). The second kappa shape index (κ2) is 4.97. The fourth-order valence-electron chi connectivity index (χ4n) is 1.60. The minimum absolute atomic E-state index is 0.208. The molecule has 0 N–H and O–H groups in total. The van der Waals surface area contributed by atoms with Crippen molar-refractivity contribution in [3.8, 4) is 5.75 Å². The van der Waals surface area contributed by atoms with Crippen LogP contribution in [0.3, 0.4) is 0 Å². The lowest BCUT2D eigenvalue weighted by Crippen LogP contribution is -2.13. The van der Waals surface area contributed by atoms with Crippen molar-refractivity contribution in [3.05, 3.63) is 35.9 Å². The van der Waals surface area contributed by atoms with E-state index in [1.165, 1.54) is 0 Å². The number of carbonyl (C=O) groups is 1. The van der Waals surface area contributed by atoms with Gasteiger partial charge in [0.2, 0.25) is 0 Å². The zero-order valence-corrected chi connectivity index (χ0v) is 9.48. The summed E-state index contributed by atoms with van der Waals surface area (Å²) >= 11 is 0. The van der Waals surface area contributed by atoms with Crippen molar-refractivity contribution >= 4 is 11.9 Å². The van der Waals surface area contributed by atoms with E-state index in [4.69, 9.17) is 4.74 Å². The highest BCUT2D eigenvalue weighted by Gasteiger charge is 2.29. The lowest BCUT2D eigenvalue weighted by atomic mass is 10.2. The zero-order chi connectivity index (χ0) is 11.4. The molecule has 2 heteroatoms. The van der Waals surface area contributed by atoms with Gasteiger partial charge in [0.1, 0.15) is 12.4 Å². The summed E-state index contributed by atoms with van der Waals surface area (Å²) < 4.78 is 5.55. The molecule has 1 aliphatic rings. The van der Waals surface area contributed by atoms with Crippen LogP contribution in [0.4, 0.5) is 0 Å². The average Bonchev–Trinajstić information content (AvgIpc) is 3.12. The second-order valence-corrected chi connectivity index (χ2v) is 4.07. The number of allylic oxidation sites excluding steroid dienone is 1. The summed E-state index contributed by atoms with van der Waals surface area (Å²) in [5.74, 6) is 1.29. The Morgan fingerprint density at radius 3 is 2.88 bits per heavy atom. The summed E-state index contributed by atoms with van der Waals surface area (Å²) in [5, 5.41) is 0. The van der Waals surface area contributed by atoms with Crippen molar-refractivity contribution in [2.24, 2.45) is 5.92 Å². The molecule has 2 nitrogen and oxygen atoms in total. The molecule has 1 aliphatic carbocycles. The fraction of sp³-hybridized carbons (Fsp3) is 0.357. The van der Waals surface area contributed by atoms with Gasteiger partial charge in [0.25, 0.3) is 0 Å². The highest BCUT2D eigenvalue weighted by molar-refractivity contribution is 5.84. The van der Waals surface area contributed by atoms with Crippen LogP contribution in [0.2, 0.25) is 0 Å². The molecule has 1 aromatic carbocycles. The molecule has 84 valence electrons. The molecule has 0 radical (unpaired) electrons.